The van der Waals surface area contributed by atoms with Gasteiger partial charge in [-0.1, -0.05) is 13.8 Å². The van der Waals surface area contributed by atoms with Gasteiger partial charge >= 0.3 is 6.18 Å². The van der Waals surface area contributed by atoms with E-state index in [4.69, 9.17) is 0 Å². The number of alkyl halides is 3. The van der Waals surface area contributed by atoms with E-state index in [1.807, 2.05) is 13.8 Å². The maximum atomic E-state index is 12.3. The lowest BCUT2D eigenvalue weighted by molar-refractivity contribution is -0.141. The van der Waals surface area contributed by atoms with Gasteiger partial charge in [0, 0.05) is 12.6 Å². The topological polar surface area (TPSA) is 24.9 Å². The number of aromatic nitrogens is 1. The van der Waals surface area contributed by atoms with Gasteiger partial charge < -0.3 is 5.32 Å². The largest absolute Gasteiger partial charge is 0.434 e. The summed E-state index contributed by atoms with van der Waals surface area (Å²) < 4.78 is 37.0. The number of thiazole rings is 1. The minimum Gasteiger partial charge on any atom is -0.310 e. The minimum absolute atomic E-state index is 0.165. The standard InChI is InChI=1S/C8H11F3N2S/c1-5(2)12-3-6-7(8(9,10)11)13-4-14-6/h4-5,12H,3H2,1-2H3. The van der Waals surface area contributed by atoms with Crippen LogP contribution in [0.4, 0.5) is 13.2 Å². The Hall–Kier alpha value is -0.620. The van der Waals surface area contributed by atoms with Crippen molar-refractivity contribution in [2.75, 3.05) is 0 Å². The Kier molecular flexibility index (Phi) is 3.49. The summed E-state index contributed by atoms with van der Waals surface area (Å²) in [6.07, 6.45) is -4.34. The van der Waals surface area contributed by atoms with Crippen molar-refractivity contribution in [3.05, 3.63) is 16.1 Å². The van der Waals surface area contributed by atoms with E-state index in [-0.39, 0.29) is 17.5 Å². The number of hydrogen-bond donors (Lipinski definition) is 1. The van der Waals surface area contributed by atoms with Crippen LogP contribution in [0.5, 0.6) is 0 Å². The molecule has 0 fully saturated rings. The molecule has 0 aliphatic heterocycles. The third kappa shape index (κ3) is 2.95. The molecule has 0 amide bonds. The minimum atomic E-state index is -4.34. The molecule has 0 atom stereocenters. The normalized spacial score (nSPS) is 12.4. The molecule has 0 bridgehead atoms. The summed E-state index contributed by atoms with van der Waals surface area (Å²) in [5.41, 5.74) is 0.454. The average Bonchev–Trinajstić information content (AvgIpc) is 2.46. The zero-order valence-electron chi connectivity index (χ0n) is 7.85. The number of halogens is 3. The second-order valence-electron chi connectivity index (χ2n) is 3.16. The first kappa shape index (κ1) is 11.5. The van der Waals surface area contributed by atoms with E-state index in [1.54, 1.807) is 0 Å². The molecule has 6 heteroatoms. The van der Waals surface area contributed by atoms with Crippen molar-refractivity contribution >= 4 is 11.3 Å². The summed E-state index contributed by atoms with van der Waals surface area (Å²) in [6.45, 7) is 3.99. The Morgan fingerprint density at radius 1 is 1.50 bits per heavy atom. The molecule has 0 spiro atoms. The molecule has 1 aromatic heterocycles. The highest BCUT2D eigenvalue weighted by molar-refractivity contribution is 7.09. The van der Waals surface area contributed by atoms with Gasteiger partial charge in [0.05, 0.1) is 10.4 Å². The molecular weight excluding hydrogens is 213 g/mol. The van der Waals surface area contributed by atoms with Crippen LogP contribution in [0.2, 0.25) is 0 Å². The van der Waals surface area contributed by atoms with Gasteiger partial charge in [-0.05, 0) is 0 Å². The van der Waals surface area contributed by atoms with Gasteiger partial charge in [-0.3, -0.25) is 0 Å². The summed E-state index contributed by atoms with van der Waals surface area (Å²) >= 11 is 1.02. The van der Waals surface area contributed by atoms with Crippen LogP contribution in [-0.2, 0) is 12.7 Å². The van der Waals surface area contributed by atoms with Gasteiger partial charge in [0.15, 0.2) is 5.69 Å². The van der Waals surface area contributed by atoms with Crippen LogP contribution >= 0.6 is 11.3 Å². The molecular formula is C8H11F3N2S. The van der Waals surface area contributed by atoms with Gasteiger partial charge in [-0.2, -0.15) is 13.2 Å². The van der Waals surface area contributed by atoms with E-state index < -0.39 is 11.9 Å². The van der Waals surface area contributed by atoms with Gasteiger partial charge in [0.1, 0.15) is 0 Å². The lowest BCUT2D eigenvalue weighted by Crippen LogP contribution is -2.23. The predicted molar refractivity (Wildman–Crippen MR) is 49.1 cm³/mol. The second-order valence-corrected chi connectivity index (χ2v) is 4.10. The van der Waals surface area contributed by atoms with Gasteiger partial charge in [0.2, 0.25) is 0 Å². The lowest BCUT2D eigenvalue weighted by Gasteiger charge is -2.09. The number of rotatable bonds is 3. The van der Waals surface area contributed by atoms with Crippen LogP contribution in [-0.4, -0.2) is 11.0 Å². The second kappa shape index (κ2) is 4.27. The fourth-order valence-corrected chi connectivity index (χ4v) is 1.66. The third-order valence-electron chi connectivity index (χ3n) is 1.58. The molecule has 0 unspecified atom stereocenters. The predicted octanol–water partition coefficient (Wildman–Crippen LogP) is 2.66. The van der Waals surface area contributed by atoms with E-state index in [0.29, 0.717) is 0 Å². The van der Waals surface area contributed by atoms with Crippen molar-refractivity contribution in [2.24, 2.45) is 0 Å². The van der Waals surface area contributed by atoms with Gasteiger partial charge in [-0.25, -0.2) is 4.98 Å². The molecule has 80 valence electrons. The highest BCUT2D eigenvalue weighted by Gasteiger charge is 2.35. The highest BCUT2D eigenvalue weighted by Crippen LogP contribution is 2.32. The molecule has 1 rings (SSSR count). The van der Waals surface area contributed by atoms with Crippen LogP contribution in [0, 0.1) is 0 Å². The van der Waals surface area contributed by atoms with Gasteiger partial charge in [-0.15, -0.1) is 11.3 Å². The lowest BCUT2D eigenvalue weighted by atomic mass is 10.3. The van der Waals surface area contributed by atoms with E-state index >= 15 is 0 Å². The molecule has 0 radical (unpaired) electrons. The maximum Gasteiger partial charge on any atom is 0.434 e. The molecule has 0 aromatic carbocycles. The van der Waals surface area contributed by atoms with E-state index in [2.05, 4.69) is 10.3 Å². The molecule has 0 aliphatic carbocycles. The fourth-order valence-electron chi connectivity index (χ4n) is 0.924. The zero-order chi connectivity index (χ0) is 10.8. The summed E-state index contributed by atoms with van der Waals surface area (Å²) in [5.74, 6) is 0. The monoisotopic (exact) mass is 224 g/mol. The first-order valence-corrected chi connectivity index (χ1v) is 5.02. The van der Waals surface area contributed by atoms with E-state index in [9.17, 15) is 13.2 Å². The van der Waals surface area contributed by atoms with Crippen molar-refractivity contribution in [3.63, 3.8) is 0 Å². The summed E-state index contributed by atoms with van der Waals surface area (Å²) in [7, 11) is 0. The molecule has 14 heavy (non-hydrogen) atoms. The Morgan fingerprint density at radius 3 is 2.64 bits per heavy atom. The fraction of sp³-hybridized carbons (Fsp3) is 0.625. The summed E-state index contributed by atoms with van der Waals surface area (Å²) in [5, 5.41) is 2.93. The first-order chi connectivity index (χ1) is 6.41. The molecule has 1 N–H and O–H groups in total. The number of hydrogen-bond acceptors (Lipinski definition) is 3. The molecule has 2 nitrogen and oxygen atoms in total. The third-order valence-corrected chi connectivity index (χ3v) is 2.41. The molecule has 0 saturated carbocycles. The Bertz CT molecular complexity index is 293. The van der Waals surface area contributed by atoms with Gasteiger partial charge in [0.25, 0.3) is 0 Å². The van der Waals surface area contributed by atoms with Crippen LogP contribution in [0.3, 0.4) is 0 Å². The first-order valence-electron chi connectivity index (χ1n) is 4.14. The smallest absolute Gasteiger partial charge is 0.310 e. The molecule has 0 aliphatic rings. The molecule has 1 heterocycles. The Balaban J connectivity index is 2.73. The van der Waals surface area contributed by atoms with Crippen molar-refractivity contribution in [1.82, 2.24) is 10.3 Å². The van der Waals surface area contributed by atoms with E-state index in [0.717, 1.165) is 11.3 Å². The number of nitrogens with one attached hydrogen (secondary N) is 1. The highest BCUT2D eigenvalue weighted by atomic mass is 32.1. The Labute approximate surface area is 84.2 Å². The number of nitrogens with zero attached hydrogens (tertiary/aromatic N) is 1. The quantitative estimate of drug-likeness (QED) is 0.853. The van der Waals surface area contributed by atoms with Crippen molar-refractivity contribution in [1.29, 1.82) is 0 Å². The average molecular weight is 224 g/mol. The SMILES string of the molecule is CC(C)NCc1scnc1C(F)(F)F. The maximum absolute atomic E-state index is 12.3. The van der Waals surface area contributed by atoms with Crippen LogP contribution in [0.25, 0.3) is 0 Å². The van der Waals surface area contributed by atoms with Crippen LogP contribution < -0.4 is 5.32 Å². The summed E-state index contributed by atoms with van der Waals surface area (Å²) in [4.78, 5) is 3.56. The van der Waals surface area contributed by atoms with Crippen LogP contribution in [0.1, 0.15) is 24.4 Å². The molecule has 0 saturated heterocycles. The van der Waals surface area contributed by atoms with Crippen molar-refractivity contribution in [2.45, 2.75) is 32.6 Å². The summed E-state index contributed by atoms with van der Waals surface area (Å²) in [6, 6.07) is 0.165. The van der Waals surface area contributed by atoms with Crippen molar-refractivity contribution in [3.8, 4) is 0 Å². The van der Waals surface area contributed by atoms with Crippen molar-refractivity contribution < 1.29 is 13.2 Å². The molecule has 1 aromatic rings. The zero-order valence-corrected chi connectivity index (χ0v) is 8.67. The van der Waals surface area contributed by atoms with Crippen LogP contribution in [0.15, 0.2) is 5.51 Å². The Morgan fingerprint density at radius 2 is 2.14 bits per heavy atom. The van der Waals surface area contributed by atoms with E-state index in [1.165, 1.54) is 5.51 Å².